The molecular formula is C12H17N3O2. The molecule has 1 N–H and O–H groups in total. The van der Waals surface area contributed by atoms with Crippen molar-refractivity contribution < 1.29 is 9.53 Å². The molecular weight excluding hydrogens is 218 g/mol. The lowest BCUT2D eigenvalue weighted by atomic mass is 10.1. The Morgan fingerprint density at radius 1 is 1.47 bits per heavy atom. The molecule has 2 rings (SSSR count). The molecule has 1 aromatic rings. The molecule has 0 saturated carbocycles. The summed E-state index contributed by atoms with van der Waals surface area (Å²) in [5.41, 5.74) is 2.00. The number of nitrogens with zero attached hydrogens (tertiary/aromatic N) is 2. The quantitative estimate of drug-likeness (QED) is 0.849. The lowest BCUT2D eigenvalue weighted by molar-refractivity contribution is 0.0856. The highest BCUT2D eigenvalue weighted by atomic mass is 16.5. The lowest BCUT2D eigenvalue weighted by Gasteiger charge is -2.12. The topological polar surface area (TPSA) is 64.1 Å². The summed E-state index contributed by atoms with van der Waals surface area (Å²) in [7, 11) is 0. The van der Waals surface area contributed by atoms with Crippen LogP contribution < -0.4 is 5.32 Å². The zero-order chi connectivity index (χ0) is 12.3. The van der Waals surface area contributed by atoms with Crippen LogP contribution in [0.3, 0.4) is 0 Å². The second kappa shape index (κ2) is 5.23. The van der Waals surface area contributed by atoms with Gasteiger partial charge in [0, 0.05) is 13.2 Å². The van der Waals surface area contributed by atoms with Crippen molar-refractivity contribution in [1.29, 1.82) is 0 Å². The van der Waals surface area contributed by atoms with Crippen molar-refractivity contribution in [1.82, 2.24) is 15.3 Å². The van der Waals surface area contributed by atoms with E-state index in [1.165, 1.54) is 6.33 Å². The molecule has 92 valence electrons. The van der Waals surface area contributed by atoms with Gasteiger partial charge in [-0.05, 0) is 26.7 Å². The molecule has 17 heavy (non-hydrogen) atoms. The van der Waals surface area contributed by atoms with Gasteiger partial charge in [0.15, 0.2) is 0 Å². The molecule has 0 radical (unpaired) electrons. The standard InChI is InChI=1S/C12H17N3O2/c1-8-11(9(2)15-7-14-8)12(16)13-6-10-4-3-5-17-10/h7,10H,3-6H2,1-2H3,(H,13,16). The number of hydrogen-bond donors (Lipinski definition) is 1. The monoisotopic (exact) mass is 235 g/mol. The molecule has 0 aliphatic carbocycles. The zero-order valence-corrected chi connectivity index (χ0v) is 10.2. The molecule has 5 nitrogen and oxygen atoms in total. The molecule has 1 amide bonds. The van der Waals surface area contributed by atoms with Crippen LogP contribution in [0.5, 0.6) is 0 Å². The van der Waals surface area contributed by atoms with Crippen molar-refractivity contribution in [2.45, 2.75) is 32.8 Å². The Bertz CT molecular complexity index is 394. The summed E-state index contributed by atoms with van der Waals surface area (Å²) in [6.45, 7) is 4.99. The summed E-state index contributed by atoms with van der Waals surface area (Å²) in [5, 5.41) is 2.88. The fourth-order valence-electron chi connectivity index (χ4n) is 2.02. The highest BCUT2D eigenvalue weighted by Crippen LogP contribution is 2.12. The number of amides is 1. The van der Waals surface area contributed by atoms with Crippen LogP contribution in [0.15, 0.2) is 6.33 Å². The van der Waals surface area contributed by atoms with Crippen molar-refractivity contribution in [3.63, 3.8) is 0 Å². The zero-order valence-electron chi connectivity index (χ0n) is 10.2. The molecule has 1 aliphatic rings. The van der Waals surface area contributed by atoms with Crippen LogP contribution in [0, 0.1) is 13.8 Å². The Morgan fingerprint density at radius 3 is 2.76 bits per heavy atom. The average Bonchev–Trinajstić information content (AvgIpc) is 2.79. The first kappa shape index (κ1) is 12.0. The van der Waals surface area contributed by atoms with Crippen LogP contribution in [0.2, 0.25) is 0 Å². The normalized spacial score (nSPS) is 19.3. The third-order valence-electron chi connectivity index (χ3n) is 2.97. The van der Waals surface area contributed by atoms with Gasteiger partial charge >= 0.3 is 0 Å². The average molecular weight is 235 g/mol. The minimum Gasteiger partial charge on any atom is -0.376 e. The fourth-order valence-corrected chi connectivity index (χ4v) is 2.02. The molecule has 0 aromatic carbocycles. The molecule has 0 spiro atoms. The number of carbonyl (C=O) groups is 1. The van der Waals surface area contributed by atoms with E-state index in [0.717, 1.165) is 19.4 Å². The molecule has 1 aliphatic heterocycles. The van der Waals surface area contributed by atoms with Gasteiger partial charge in [-0.2, -0.15) is 0 Å². The minimum atomic E-state index is -0.115. The number of aryl methyl sites for hydroxylation is 2. The smallest absolute Gasteiger partial charge is 0.255 e. The highest BCUT2D eigenvalue weighted by molar-refractivity contribution is 5.96. The Hall–Kier alpha value is -1.49. The number of carbonyl (C=O) groups excluding carboxylic acids is 1. The van der Waals surface area contributed by atoms with Crippen LogP contribution in [0.25, 0.3) is 0 Å². The van der Waals surface area contributed by atoms with Gasteiger partial charge in [-0.1, -0.05) is 0 Å². The van der Waals surface area contributed by atoms with Gasteiger partial charge in [0.05, 0.1) is 23.1 Å². The largest absolute Gasteiger partial charge is 0.376 e. The fraction of sp³-hybridized carbons (Fsp3) is 0.583. The maximum absolute atomic E-state index is 12.0. The summed E-state index contributed by atoms with van der Waals surface area (Å²) in [5.74, 6) is -0.115. The summed E-state index contributed by atoms with van der Waals surface area (Å²) in [4.78, 5) is 20.1. The summed E-state index contributed by atoms with van der Waals surface area (Å²) >= 11 is 0. The summed E-state index contributed by atoms with van der Waals surface area (Å²) in [6, 6.07) is 0. The SMILES string of the molecule is Cc1ncnc(C)c1C(=O)NCC1CCCO1. The van der Waals surface area contributed by atoms with Crippen molar-refractivity contribution in [2.24, 2.45) is 0 Å². The van der Waals surface area contributed by atoms with Gasteiger partial charge in [-0.3, -0.25) is 4.79 Å². The number of aromatic nitrogens is 2. The van der Waals surface area contributed by atoms with E-state index in [9.17, 15) is 4.79 Å². The maximum atomic E-state index is 12.0. The Balaban J connectivity index is 1.99. The molecule has 1 aromatic heterocycles. The van der Waals surface area contributed by atoms with Gasteiger partial charge in [-0.15, -0.1) is 0 Å². The third-order valence-corrected chi connectivity index (χ3v) is 2.97. The van der Waals surface area contributed by atoms with Gasteiger partial charge in [-0.25, -0.2) is 9.97 Å². The summed E-state index contributed by atoms with van der Waals surface area (Å²) in [6.07, 6.45) is 3.72. The van der Waals surface area contributed by atoms with E-state index >= 15 is 0 Å². The van der Waals surface area contributed by atoms with Crippen LogP contribution in [0.4, 0.5) is 0 Å². The van der Waals surface area contributed by atoms with Crippen LogP contribution >= 0.6 is 0 Å². The van der Waals surface area contributed by atoms with E-state index in [2.05, 4.69) is 15.3 Å². The predicted molar refractivity (Wildman–Crippen MR) is 62.8 cm³/mol. The van der Waals surface area contributed by atoms with E-state index in [4.69, 9.17) is 4.74 Å². The first-order valence-electron chi connectivity index (χ1n) is 5.86. The van der Waals surface area contributed by atoms with Crippen molar-refractivity contribution in [2.75, 3.05) is 13.2 Å². The molecule has 5 heteroatoms. The maximum Gasteiger partial charge on any atom is 0.255 e. The van der Waals surface area contributed by atoms with E-state index in [1.54, 1.807) is 0 Å². The predicted octanol–water partition coefficient (Wildman–Crippen LogP) is 1.00. The highest BCUT2D eigenvalue weighted by Gasteiger charge is 2.18. The Labute approximate surface area is 101 Å². The van der Waals surface area contributed by atoms with E-state index in [1.807, 2.05) is 13.8 Å². The number of nitrogens with one attached hydrogen (secondary N) is 1. The van der Waals surface area contributed by atoms with E-state index in [-0.39, 0.29) is 12.0 Å². The van der Waals surface area contributed by atoms with Gasteiger partial charge < -0.3 is 10.1 Å². The van der Waals surface area contributed by atoms with E-state index < -0.39 is 0 Å². The van der Waals surface area contributed by atoms with Gasteiger partial charge in [0.25, 0.3) is 5.91 Å². The minimum absolute atomic E-state index is 0.115. The molecule has 1 saturated heterocycles. The first-order chi connectivity index (χ1) is 8.18. The van der Waals surface area contributed by atoms with Crippen molar-refractivity contribution in [3.8, 4) is 0 Å². The lowest BCUT2D eigenvalue weighted by Crippen LogP contribution is -2.32. The van der Waals surface area contributed by atoms with Crippen LogP contribution in [-0.4, -0.2) is 35.1 Å². The Kier molecular flexibility index (Phi) is 3.68. The molecule has 2 heterocycles. The molecule has 0 bridgehead atoms. The number of rotatable bonds is 3. The van der Waals surface area contributed by atoms with Crippen molar-refractivity contribution >= 4 is 5.91 Å². The van der Waals surface area contributed by atoms with Crippen molar-refractivity contribution in [3.05, 3.63) is 23.3 Å². The summed E-state index contributed by atoms with van der Waals surface area (Å²) < 4.78 is 5.45. The second-order valence-electron chi connectivity index (χ2n) is 4.26. The number of hydrogen-bond acceptors (Lipinski definition) is 4. The molecule has 1 atom stereocenters. The third kappa shape index (κ3) is 2.79. The van der Waals surface area contributed by atoms with Crippen LogP contribution in [0.1, 0.15) is 34.6 Å². The Morgan fingerprint density at radius 2 is 2.18 bits per heavy atom. The number of ether oxygens (including phenoxy) is 1. The molecule has 1 fully saturated rings. The second-order valence-corrected chi connectivity index (χ2v) is 4.26. The molecule has 1 unspecified atom stereocenters. The first-order valence-corrected chi connectivity index (χ1v) is 5.86. The van der Waals surface area contributed by atoms with E-state index in [0.29, 0.717) is 23.5 Å². The van der Waals surface area contributed by atoms with Crippen LogP contribution in [-0.2, 0) is 4.74 Å². The van der Waals surface area contributed by atoms with Gasteiger partial charge in [0.2, 0.25) is 0 Å². The van der Waals surface area contributed by atoms with Gasteiger partial charge in [0.1, 0.15) is 6.33 Å².